The summed E-state index contributed by atoms with van der Waals surface area (Å²) in [6.07, 6.45) is -3.11. The molecule has 0 bridgehead atoms. The number of hydrogen-bond acceptors (Lipinski definition) is 5. The van der Waals surface area contributed by atoms with Gasteiger partial charge in [-0.15, -0.1) is 0 Å². The summed E-state index contributed by atoms with van der Waals surface area (Å²) in [7, 11) is 0. The van der Waals surface area contributed by atoms with Crippen LogP contribution in [0.4, 0.5) is 23.4 Å². The van der Waals surface area contributed by atoms with Crippen LogP contribution in [-0.4, -0.2) is 57.3 Å². The van der Waals surface area contributed by atoms with Crippen molar-refractivity contribution in [2.24, 2.45) is 0 Å². The van der Waals surface area contributed by atoms with E-state index in [0.717, 1.165) is 0 Å². The summed E-state index contributed by atoms with van der Waals surface area (Å²) in [6, 6.07) is 5.59. The Morgan fingerprint density at radius 3 is 2.64 bits per heavy atom. The van der Waals surface area contributed by atoms with Gasteiger partial charge in [-0.3, -0.25) is 14.3 Å². The smallest absolute Gasteiger partial charge is 0.384 e. The van der Waals surface area contributed by atoms with Crippen molar-refractivity contribution in [2.45, 2.75) is 18.6 Å². The zero-order valence-electron chi connectivity index (χ0n) is 16.9. The van der Waals surface area contributed by atoms with Gasteiger partial charge in [-0.2, -0.15) is 18.3 Å². The van der Waals surface area contributed by atoms with E-state index in [1.54, 1.807) is 16.3 Å². The molecule has 0 atom stereocenters. The Labute approximate surface area is 192 Å². The monoisotopic (exact) mass is 528 g/mol. The first kappa shape index (κ1) is 23.0. The van der Waals surface area contributed by atoms with Crippen molar-refractivity contribution in [3.63, 3.8) is 0 Å². The van der Waals surface area contributed by atoms with Gasteiger partial charge in [0.15, 0.2) is 0 Å². The summed E-state index contributed by atoms with van der Waals surface area (Å²) >= 11 is 3.20. The van der Waals surface area contributed by atoms with Crippen molar-refractivity contribution >= 4 is 44.5 Å². The highest BCUT2D eigenvalue weighted by Crippen LogP contribution is 2.37. The number of nitrogens with one attached hydrogen (secondary N) is 1. The summed E-state index contributed by atoms with van der Waals surface area (Å²) < 4.78 is 52.8. The van der Waals surface area contributed by atoms with Gasteiger partial charge in [-0.25, -0.2) is 9.37 Å². The molecule has 0 saturated carbocycles. The molecule has 4 rings (SSSR count). The average molecular weight is 529 g/mol. The maximum atomic E-state index is 14.2. The number of benzene rings is 1. The molecular formula is C20H17BrF4N6O2. The summed E-state index contributed by atoms with van der Waals surface area (Å²) in [5, 5.41) is 6.59. The molecule has 3 aromatic rings. The number of alkyl halides is 3. The third-order valence-electron chi connectivity index (χ3n) is 5.20. The molecule has 1 fully saturated rings. The lowest BCUT2D eigenvalue weighted by Gasteiger charge is -2.38. The first-order valence-corrected chi connectivity index (χ1v) is 10.5. The van der Waals surface area contributed by atoms with Crippen LogP contribution in [0.1, 0.15) is 22.0 Å². The molecule has 3 N–H and O–H groups in total. The number of nitrogen functional groups attached to an aromatic ring is 1. The van der Waals surface area contributed by atoms with Crippen LogP contribution in [0.15, 0.2) is 34.9 Å². The fraction of sp³-hybridized carbons (Fsp3) is 0.300. The second-order valence-electron chi connectivity index (χ2n) is 7.57. The normalized spacial score (nSPS) is 14.4. The Morgan fingerprint density at radius 2 is 1.97 bits per heavy atom. The van der Waals surface area contributed by atoms with E-state index >= 15 is 0 Å². The minimum Gasteiger partial charge on any atom is -0.384 e. The minimum absolute atomic E-state index is 0.128. The molecule has 1 aromatic carbocycles. The summed E-state index contributed by atoms with van der Waals surface area (Å²) in [5.41, 5.74) is 6.83. The topological polar surface area (TPSA) is 106 Å². The van der Waals surface area contributed by atoms with Crippen molar-refractivity contribution in [1.82, 2.24) is 25.0 Å². The van der Waals surface area contributed by atoms with Gasteiger partial charge in [0.05, 0.1) is 15.7 Å². The third kappa shape index (κ3) is 4.77. The molecule has 13 heteroatoms. The lowest BCUT2D eigenvalue weighted by molar-refractivity contribution is -0.138. The van der Waals surface area contributed by atoms with E-state index in [1.165, 1.54) is 29.1 Å². The Hall–Kier alpha value is -3.22. The third-order valence-corrected chi connectivity index (χ3v) is 5.97. The van der Waals surface area contributed by atoms with E-state index in [1.807, 2.05) is 0 Å². The molecule has 1 aliphatic rings. The zero-order valence-corrected chi connectivity index (χ0v) is 18.5. The van der Waals surface area contributed by atoms with Crippen molar-refractivity contribution in [2.75, 3.05) is 25.4 Å². The quantitative estimate of drug-likeness (QED) is 0.495. The number of halogens is 5. The number of likely N-dealkylation sites (tertiary alicyclic amines) is 1. The Bertz CT molecular complexity index is 1240. The molecule has 0 radical (unpaired) electrons. The second kappa shape index (κ2) is 8.61. The molecule has 0 unspecified atom stereocenters. The van der Waals surface area contributed by atoms with E-state index in [9.17, 15) is 27.2 Å². The highest BCUT2D eigenvalue weighted by molar-refractivity contribution is 9.10. The number of nitrogens with two attached hydrogens (primary N) is 1. The van der Waals surface area contributed by atoms with E-state index in [4.69, 9.17) is 5.73 Å². The van der Waals surface area contributed by atoms with Crippen LogP contribution in [0.2, 0.25) is 0 Å². The number of carbonyl (C=O) groups excluding carboxylic acids is 2. The largest absolute Gasteiger partial charge is 0.405 e. The molecule has 1 saturated heterocycles. The SMILES string of the molecule is Nc1cc(C(=O)N2CC(c3nn(CC(=O)NCC(F)(F)F)c4ccc(F)c(Br)c34)C2)ccn1. The van der Waals surface area contributed by atoms with Crippen LogP contribution in [0.25, 0.3) is 10.9 Å². The Morgan fingerprint density at radius 1 is 1.24 bits per heavy atom. The van der Waals surface area contributed by atoms with Crippen LogP contribution >= 0.6 is 15.9 Å². The maximum Gasteiger partial charge on any atom is 0.405 e. The number of pyridine rings is 1. The zero-order chi connectivity index (χ0) is 23.9. The second-order valence-corrected chi connectivity index (χ2v) is 8.36. The van der Waals surface area contributed by atoms with E-state index < -0.39 is 31.0 Å². The molecule has 2 aromatic heterocycles. The minimum atomic E-state index is -4.54. The van der Waals surface area contributed by atoms with Gasteiger partial charge in [-0.05, 0) is 40.2 Å². The molecular weight excluding hydrogens is 512 g/mol. The van der Waals surface area contributed by atoms with Gasteiger partial charge < -0.3 is 16.0 Å². The van der Waals surface area contributed by atoms with Gasteiger partial charge in [0.2, 0.25) is 5.91 Å². The number of aromatic nitrogens is 3. The van der Waals surface area contributed by atoms with Crippen LogP contribution in [-0.2, 0) is 11.3 Å². The Balaban J connectivity index is 1.56. The van der Waals surface area contributed by atoms with Crippen LogP contribution in [0.3, 0.4) is 0 Å². The van der Waals surface area contributed by atoms with Crippen molar-refractivity contribution in [3.05, 3.63) is 52.0 Å². The highest BCUT2D eigenvalue weighted by atomic mass is 79.9. The predicted molar refractivity (Wildman–Crippen MR) is 114 cm³/mol. The van der Waals surface area contributed by atoms with Gasteiger partial charge in [-0.1, -0.05) is 0 Å². The molecule has 8 nitrogen and oxygen atoms in total. The standard InChI is InChI=1S/C20H17BrF4N6O2/c21-17-12(22)1-2-13-16(17)18(29-31(13)8-15(32)28-9-20(23,24)25)11-6-30(7-11)19(33)10-3-4-27-14(26)5-10/h1-5,11H,6-9H2,(H2,26,27)(H,28,32). The fourth-order valence-corrected chi connectivity index (χ4v) is 4.15. The molecule has 0 aliphatic carbocycles. The predicted octanol–water partition coefficient (Wildman–Crippen LogP) is 2.83. The number of rotatable bonds is 5. The number of anilines is 1. The summed E-state index contributed by atoms with van der Waals surface area (Å²) in [5.74, 6) is -1.73. The van der Waals surface area contributed by atoms with Gasteiger partial charge in [0, 0.05) is 36.2 Å². The van der Waals surface area contributed by atoms with Gasteiger partial charge in [0.25, 0.3) is 5.91 Å². The molecule has 3 heterocycles. The number of nitrogens with zero attached hydrogens (tertiary/aromatic N) is 4. The van der Waals surface area contributed by atoms with Gasteiger partial charge >= 0.3 is 6.18 Å². The maximum absolute atomic E-state index is 14.2. The average Bonchev–Trinajstić information content (AvgIpc) is 3.06. The molecule has 2 amide bonds. The summed E-state index contributed by atoms with van der Waals surface area (Å²) in [4.78, 5) is 30.1. The van der Waals surface area contributed by atoms with E-state index in [2.05, 4.69) is 26.0 Å². The van der Waals surface area contributed by atoms with Gasteiger partial charge in [0.1, 0.15) is 24.7 Å². The highest BCUT2D eigenvalue weighted by Gasteiger charge is 2.36. The van der Waals surface area contributed by atoms with Crippen LogP contribution < -0.4 is 11.1 Å². The number of amides is 2. The summed E-state index contributed by atoms with van der Waals surface area (Å²) in [6.45, 7) is -1.36. The molecule has 0 spiro atoms. The fourth-order valence-electron chi connectivity index (χ4n) is 3.61. The molecule has 33 heavy (non-hydrogen) atoms. The van der Waals surface area contributed by atoms with E-state index in [0.29, 0.717) is 22.2 Å². The van der Waals surface area contributed by atoms with Crippen LogP contribution in [0, 0.1) is 5.82 Å². The van der Waals surface area contributed by atoms with E-state index in [-0.39, 0.29) is 35.2 Å². The number of fused-ring (bicyclic) bond motifs is 1. The molecule has 1 aliphatic heterocycles. The molecule has 174 valence electrons. The van der Waals surface area contributed by atoms with Crippen LogP contribution in [0.5, 0.6) is 0 Å². The first-order valence-electron chi connectivity index (χ1n) is 9.72. The Kier molecular flexibility index (Phi) is 5.99. The van der Waals surface area contributed by atoms with Crippen molar-refractivity contribution in [1.29, 1.82) is 0 Å². The number of hydrogen-bond donors (Lipinski definition) is 2. The van der Waals surface area contributed by atoms with Crippen molar-refractivity contribution < 1.29 is 27.2 Å². The lowest BCUT2D eigenvalue weighted by Crippen LogP contribution is -2.48. The lowest BCUT2D eigenvalue weighted by atomic mass is 9.93. The number of carbonyl (C=O) groups is 2. The first-order chi connectivity index (χ1) is 15.5. The van der Waals surface area contributed by atoms with Crippen molar-refractivity contribution in [3.8, 4) is 0 Å².